The molecule has 0 aliphatic rings. The number of carboxylic acid groups (broad SMARTS) is 1. The van der Waals surface area contributed by atoms with Gasteiger partial charge in [-0.1, -0.05) is 105 Å². The maximum absolute atomic E-state index is 10.1. The predicted octanol–water partition coefficient (Wildman–Crippen LogP) is 8.27. The first kappa shape index (κ1) is 30.4. The third-order valence-corrected chi connectivity index (χ3v) is 5.77. The molecule has 1 atom stereocenters. The standard InChI is InChI=1S/C15H33N.C11H20O2/c1-5-9-11-14(10-6-2)15(16,12-7-3)13-8-4;1-2-3-4-5-6-7-8-9-10-11(12)13/h14H,5-13,16H2,1-4H3;9-10H,2-8H2,1H3,(H,12,13). The second-order valence-electron chi connectivity index (χ2n) is 8.66. The Morgan fingerprint density at radius 2 is 1.34 bits per heavy atom. The molecule has 0 aromatic carbocycles. The van der Waals surface area contributed by atoms with E-state index in [1.165, 1.54) is 96.0 Å². The van der Waals surface area contributed by atoms with Crippen molar-refractivity contribution in [3.8, 4) is 0 Å². The van der Waals surface area contributed by atoms with Crippen molar-refractivity contribution in [2.75, 3.05) is 0 Å². The highest BCUT2D eigenvalue weighted by molar-refractivity contribution is 5.79. The lowest BCUT2D eigenvalue weighted by Crippen LogP contribution is -2.47. The van der Waals surface area contributed by atoms with Crippen molar-refractivity contribution < 1.29 is 9.90 Å². The largest absolute Gasteiger partial charge is 0.478 e. The lowest BCUT2D eigenvalue weighted by molar-refractivity contribution is -0.131. The van der Waals surface area contributed by atoms with Gasteiger partial charge >= 0.3 is 5.97 Å². The zero-order chi connectivity index (χ0) is 22.4. The van der Waals surface area contributed by atoms with Crippen LogP contribution in [0.25, 0.3) is 0 Å². The van der Waals surface area contributed by atoms with Crippen LogP contribution in [0.2, 0.25) is 0 Å². The van der Waals surface area contributed by atoms with Crippen molar-refractivity contribution in [1.29, 1.82) is 0 Å². The van der Waals surface area contributed by atoms with Crippen LogP contribution in [0.15, 0.2) is 12.2 Å². The average molecular weight is 412 g/mol. The Bertz CT molecular complexity index is 373. The van der Waals surface area contributed by atoms with E-state index in [1.54, 1.807) is 6.08 Å². The SMILES string of the molecule is CCCCC(CCC)C(N)(CCC)CCC.CCCCCCCCC=CC(=O)O. The number of hydrogen-bond donors (Lipinski definition) is 2. The molecule has 0 bridgehead atoms. The molecule has 0 fully saturated rings. The molecule has 0 saturated heterocycles. The predicted molar refractivity (Wildman–Crippen MR) is 129 cm³/mol. The molecule has 0 spiro atoms. The van der Waals surface area contributed by atoms with Crippen LogP contribution in [0.1, 0.15) is 137 Å². The van der Waals surface area contributed by atoms with E-state index in [4.69, 9.17) is 10.8 Å². The van der Waals surface area contributed by atoms with Gasteiger partial charge in [0.2, 0.25) is 0 Å². The number of rotatable bonds is 18. The molecule has 3 nitrogen and oxygen atoms in total. The molecule has 1 unspecified atom stereocenters. The monoisotopic (exact) mass is 411 g/mol. The molecule has 0 aromatic rings. The molecule has 0 rings (SSSR count). The summed E-state index contributed by atoms with van der Waals surface area (Å²) < 4.78 is 0. The Kier molecular flexibility index (Phi) is 22.9. The summed E-state index contributed by atoms with van der Waals surface area (Å²) in [6.45, 7) is 11.3. The van der Waals surface area contributed by atoms with Crippen LogP contribution in [0.5, 0.6) is 0 Å². The Labute approximate surface area is 182 Å². The van der Waals surface area contributed by atoms with Gasteiger partial charge in [0.05, 0.1) is 0 Å². The molecule has 0 radical (unpaired) electrons. The van der Waals surface area contributed by atoms with Gasteiger partial charge in [0.25, 0.3) is 0 Å². The van der Waals surface area contributed by atoms with Crippen LogP contribution in [-0.2, 0) is 4.79 Å². The minimum Gasteiger partial charge on any atom is -0.478 e. The third kappa shape index (κ3) is 18.9. The maximum atomic E-state index is 10.1. The van der Waals surface area contributed by atoms with E-state index >= 15 is 0 Å². The quantitative estimate of drug-likeness (QED) is 0.176. The first-order valence-electron chi connectivity index (χ1n) is 12.6. The zero-order valence-electron chi connectivity index (χ0n) is 20.5. The molecule has 0 aliphatic heterocycles. The second kappa shape index (κ2) is 21.9. The van der Waals surface area contributed by atoms with Gasteiger partial charge in [-0.3, -0.25) is 0 Å². The number of unbranched alkanes of at least 4 members (excludes halogenated alkanes) is 7. The van der Waals surface area contributed by atoms with Gasteiger partial charge in [0.15, 0.2) is 0 Å². The first-order chi connectivity index (χ1) is 13.9. The Hall–Kier alpha value is -0.830. The maximum Gasteiger partial charge on any atom is 0.327 e. The van der Waals surface area contributed by atoms with Crippen molar-refractivity contribution in [2.24, 2.45) is 11.7 Å². The van der Waals surface area contributed by atoms with Gasteiger partial charge in [-0.25, -0.2) is 4.79 Å². The minimum atomic E-state index is -0.842. The van der Waals surface area contributed by atoms with Crippen LogP contribution in [0, 0.1) is 5.92 Å². The van der Waals surface area contributed by atoms with E-state index in [-0.39, 0.29) is 5.54 Å². The van der Waals surface area contributed by atoms with Crippen LogP contribution in [-0.4, -0.2) is 16.6 Å². The Balaban J connectivity index is 0. The van der Waals surface area contributed by atoms with Gasteiger partial charge in [0.1, 0.15) is 0 Å². The van der Waals surface area contributed by atoms with Gasteiger partial charge in [0, 0.05) is 11.6 Å². The lowest BCUT2D eigenvalue weighted by atomic mass is 9.73. The number of allylic oxidation sites excluding steroid dienone is 1. The Morgan fingerprint density at radius 3 is 1.83 bits per heavy atom. The number of nitrogens with two attached hydrogens (primary N) is 1. The zero-order valence-corrected chi connectivity index (χ0v) is 20.5. The topological polar surface area (TPSA) is 63.3 Å². The van der Waals surface area contributed by atoms with Crippen molar-refractivity contribution in [3.63, 3.8) is 0 Å². The summed E-state index contributed by atoms with van der Waals surface area (Å²) in [5, 5.41) is 8.30. The molecule has 0 aromatic heterocycles. The molecule has 3 N–H and O–H groups in total. The number of hydrogen-bond acceptors (Lipinski definition) is 2. The van der Waals surface area contributed by atoms with Crippen molar-refractivity contribution >= 4 is 5.97 Å². The molecule has 0 amide bonds. The Morgan fingerprint density at radius 1 is 0.793 bits per heavy atom. The molecule has 0 saturated carbocycles. The molecule has 29 heavy (non-hydrogen) atoms. The number of aliphatic carboxylic acids is 1. The smallest absolute Gasteiger partial charge is 0.327 e. The van der Waals surface area contributed by atoms with Crippen LogP contribution in [0.4, 0.5) is 0 Å². The van der Waals surface area contributed by atoms with E-state index in [9.17, 15) is 4.79 Å². The fraction of sp³-hybridized carbons (Fsp3) is 0.885. The summed E-state index contributed by atoms with van der Waals surface area (Å²) >= 11 is 0. The van der Waals surface area contributed by atoms with E-state index in [2.05, 4.69) is 34.6 Å². The second-order valence-corrected chi connectivity index (χ2v) is 8.66. The van der Waals surface area contributed by atoms with Gasteiger partial charge in [-0.15, -0.1) is 0 Å². The summed E-state index contributed by atoms with van der Waals surface area (Å²) in [6, 6.07) is 0. The molecule has 0 heterocycles. The summed E-state index contributed by atoms with van der Waals surface area (Å²) in [7, 11) is 0. The molecular weight excluding hydrogens is 358 g/mol. The van der Waals surface area contributed by atoms with Crippen molar-refractivity contribution in [1.82, 2.24) is 0 Å². The summed E-state index contributed by atoms with van der Waals surface area (Å²) in [4.78, 5) is 10.1. The highest BCUT2D eigenvalue weighted by atomic mass is 16.4. The van der Waals surface area contributed by atoms with E-state index in [0.717, 1.165) is 18.8 Å². The average Bonchev–Trinajstić information content (AvgIpc) is 2.68. The highest BCUT2D eigenvalue weighted by Gasteiger charge is 2.31. The third-order valence-electron chi connectivity index (χ3n) is 5.77. The van der Waals surface area contributed by atoms with Crippen LogP contribution >= 0.6 is 0 Å². The van der Waals surface area contributed by atoms with E-state index in [0.29, 0.717) is 0 Å². The minimum absolute atomic E-state index is 0.120. The van der Waals surface area contributed by atoms with Gasteiger partial charge in [-0.2, -0.15) is 0 Å². The number of carbonyl (C=O) groups is 1. The number of carboxylic acids is 1. The normalized spacial score (nSPS) is 12.6. The highest BCUT2D eigenvalue weighted by Crippen LogP contribution is 2.33. The summed E-state index contributed by atoms with van der Waals surface area (Å²) in [6.07, 6.45) is 22.8. The fourth-order valence-corrected chi connectivity index (χ4v) is 4.21. The first-order valence-corrected chi connectivity index (χ1v) is 12.6. The lowest BCUT2D eigenvalue weighted by Gasteiger charge is -2.38. The fourth-order valence-electron chi connectivity index (χ4n) is 4.21. The van der Waals surface area contributed by atoms with Crippen molar-refractivity contribution in [2.45, 2.75) is 143 Å². The van der Waals surface area contributed by atoms with Crippen LogP contribution < -0.4 is 5.73 Å². The summed E-state index contributed by atoms with van der Waals surface area (Å²) in [5.74, 6) is -0.0941. The molecular formula is C26H53NO2. The van der Waals surface area contributed by atoms with Gasteiger partial charge < -0.3 is 10.8 Å². The summed E-state index contributed by atoms with van der Waals surface area (Å²) in [5.41, 5.74) is 6.81. The molecule has 0 aliphatic carbocycles. The molecule has 3 heteroatoms. The molecule has 174 valence electrons. The van der Waals surface area contributed by atoms with Gasteiger partial charge in [-0.05, 0) is 44.4 Å². The van der Waals surface area contributed by atoms with E-state index in [1.807, 2.05) is 0 Å². The van der Waals surface area contributed by atoms with Crippen molar-refractivity contribution in [3.05, 3.63) is 12.2 Å². The van der Waals surface area contributed by atoms with E-state index < -0.39 is 5.97 Å². The van der Waals surface area contributed by atoms with Crippen LogP contribution in [0.3, 0.4) is 0 Å².